The van der Waals surface area contributed by atoms with Gasteiger partial charge < -0.3 is 29.9 Å². The van der Waals surface area contributed by atoms with E-state index in [4.69, 9.17) is 37.6 Å². The van der Waals surface area contributed by atoms with E-state index in [0.29, 0.717) is 39.6 Å². The Morgan fingerprint density at radius 1 is 0.667 bits per heavy atom. The van der Waals surface area contributed by atoms with Gasteiger partial charge in [0, 0.05) is 33.1 Å². The van der Waals surface area contributed by atoms with Crippen molar-refractivity contribution in [1.82, 2.24) is 0 Å². The molecule has 0 saturated carbocycles. The van der Waals surface area contributed by atoms with Crippen LogP contribution in [0.1, 0.15) is 0 Å². The Bertz CT molecular complexity index is 136. The Morgan fingerprint density at radius 2 is 0.857 bits per heavy atom. The molecule has 123 valence electrons. The molecule has 21 heavy (non-hydrogen) atoms. The molecule has 0 heterocycles. The van der Waals surface area contributed by atoms with Crippen molar-refractivity contribution in [2.45, 2.75) is 0 Å². The predicted octanol–water partition coefficient (Wildman–Crippen LogP) is -8.17. The largest absolute Gasteiger partial charge is 1.00 e. The molecule has 1 radical (unpaired) electrons. The molecule has 0 spiro atoms. The third kappa shape index (κ3) is 75.5. The van der Waals surface area contributed by atoms with Crippen molar-refractivity contribution >= 4 is 18.9 Å². The van der Waals surface area contributed by atoms with Crippen LogP contribution in [0.2, 0.25) is 0 Å². The molecule has 0 unspecified atom stereocenters. The van der Waals surface area contributed by atoms with Crippen LogP contribution in [0.15, 0.2) is 0 Å². The van der Waals surface area contributed by atoms with Crippen LogP contribution in [0.25, 0.3) is 0 Å². The number of halogens is 1. The zero-order valence-corrected chi connectivity index (χ0v) is 13.5. The molecule has 0 aliphatic rings. The number of hydrogen-bond donors (Lipinski definition) is 0. The molecule has 0 rings (SSSR count). The summed E-state index contributed by atoms with van der Waals surface area (Å²) < 4.78 is 53.9. The van der Waals surface area contributed by atoms with Crippen molar-refractivity contribution < 1.29 is 77.6 Å². The molecule has 0 fully saturated rings. The molecule has 0 aliphatic carbocycles. The van der Waals surface area contributed by atoms with E-state index >= 15 is 0 Å². The monoisotopic (exact) mass is 325 g/mol. The van der Waals surface area contributed by atoms with Gasteiger partial charge in [0.05, 0.1) is 39.6 Å². The molecule has 0 aromatic heterocycles. The Morgan fingerprint density at radius 3 is 1.05 bits per heavy atom. The molecule has 0 saturated heterocycles. The van der Waals surface area contributed by atoms with E-state index in [1.54, 1.807) is 14.2 Å². The van der Waals surface area contributed by atoms with E-state index in [1.165, 1.54) is 0 Å². The van der Waals surface area contributed by atoms with E-state index in [0.717, 1.165) is 0 Å². The zero-order valence-electron chi connectivity index (χ0n) is 12.8. The quantitative estimate of drug-likeness (QED) is 0.290. The predicted molar refractivity (Wildman–Crippen MR) is 55.0 cm³/mol. The second-order valence-corrected chi connectivity index (χ2v) is 3.34. The molecule has 0 bridgehead atoms. The molecule has 0 aromatic rings. The number of hydrogen-bond acceptors (Lipinski definition) is 10. The number of rotatable bonds is 9. The van der Waals surface area contributed by atoms with Crippen molar-refractivity contribution in [3.8, 4) is 0 Å². The average Bonchev–Trinajstić information content (AvgIpc) is 2.20. The smallest absolute Gasteiger partial charge is 0.870 e. The van der Waals surface area contributed by atoms with Gasteiger partial charge in [-0.25, -0.2) is 18.6 Å². The van der Waals surface area contributed by atoms with Crippen LogP contribution in [0.3, 0.4) is 0 Å². The van der Waals surface area contributed by atoms with E-state index < -0.39 is 10.2 Å². The van der Waals surface area contributed by atoms with Crippen molar-refractivity contribution in [3.63, 3.8) is 0 Å². The van der Waals surface area contributed by atoms with Crippen LogP contribution in [0.4, 0.5) is 0 Å². The molecule has 0 aliphatic heterocycles. The summed E-state index contributed by atoms with van der Waals surface area (Å²) in [5, 5.41) is 0. The van der Waals surface area contributed by atoms with E-state index in [1.807, 2.05) is 0 Å². The van der Waals surface area contributed by atoms with Crippen LogP contribution >= 0.6 is 0 Å². The second-order valence-electron chi connectivity index (χ2n) is 2.59. The molecular weight excluding hydrogens is 305 g/mol. The molecule has 10 nitrogen and oxygen atoms in total. The van der Waals surface area contributed by atoms with Gasteiger partial charge in [-0.2, -0.15) is 0 Å². The summed E-state index contributed by atoms with van der Waals surface area (Å²) >= 11 is 0. The maximum atomic E-state index is 8.49. The first-order valence-electron chi connectivity index (χ1n) is 4.67. The molecular formula is C8H20ClLi2O10-2. The molecule has 0 amide bonds. The second kappa shape index (κ2) is 29.1. The number of methoxy groups -OCH3 is 2. The summed E-state index contributed by atoms with van der Waals surface area (Å²) in [7, 11) is -1.64. The normalized spacial score (nSPS) is 8.86. The molecule has 0 aromatic carbocycles. The third-order valence-electron chi connectivity index (χ3n) is 1.24. The van der Waals surface area contributed by atoms with E-state index in [9.17, 15) is 0 Å². The molecule has 2 N–H and O–H groups in total. The fourth-order valence-corrected chi connectivity index (χ4v) is 0.606. The Kier molecular flexibility index (Phi) is 52.7. The summed E-state index contributed by atoms with van der Waals surface area (Å²) in [5.41, 5.74) is 0. The first kappa shape index (κ1) is 37.9. The summed E-state index contributed by atoms with van der Waals surface area (Å²) in [6.45, 7) is 3.77. The standard InChI is InChI=1S/C8H18O4.ClHO4.2Li.2H2O/c1-9-3-5-11-7-8-12-6-4-10-2;2-1(3,4)5;;;;/h3-8H2,1-2H3;(H,2,3,4,5);;;2*1H2/q;;;+1;;/p-3. The summed E-state index contributed by atoms with van der Waals surface area (Å²) in [6.07, 6.45) is 0. The van der Waals surface area contributed by atoms with Gasteiger partial charge in [0.2, 0.25) is 0 Å². The van der Waals surface area contributed by atoms with Gasteiger partial charge in [0.1, 0.15) is 0 Å². The maximum Gasteiger partial charge on any atom is 1.00 e. The van der Waals surface area contributed by atoms with E-state index in [-0.39, 0.29) is 48.7 Å². The van der Waals surface area contributed by atoms with Gasteiger partial charge in [0.25, 0.3) is 0 Å². The fraction of sp³-hybridized carbons (Fsp3) is 1.00. The third-order valence-corrected chi connectivity index (χ3v) is 1.24. The minimum absolute atomic E-state index is 0. The Hall–Kier alpha value is 1.08. The van der Waals surface area contributed by atoms with Gasteiger partial charge in [-0.15, -0.1) is 10.2 Å². The van der Waals surface area contributed by atoms with Gasteiger partial charge in [0.15, 0.2) is 0 Å². The summed E-state index contributed by atoms with van der Waals surface area (Å²) in [4.78, 5) is 0. The minimum atomic E-state index is -4.94. The van der Waals surface area contributed by atoms with Crippen LogP contribution in [-0.2, 0) is 18.9 Å². The number of ether oxygens (including phenoxy) is 4. The van der Waals surface area contributed by atoms with Crippen molar-refractivity contribution in [2.24, 2.45) is 0 Å². The first-order chi connectivity index (χ1) is 7.91. The molecule has 13 heteroatoms. The summed E-state index contributed by atoms with van der Waals surface area (Å²) in [5.74, 6) is 0. The van der Waals surface area contributed by atoms with Crippen LogP contribution in [0.5, 0.6) is 0 Å². The van der Waals surface area contributed by atoms with Crippen molar-refractivity contribution in [1.29, 1.82) is 0 Å². The zero-order chi connectivity index (χ0) is 13.6. The van der Waals surface area contributed by atoms with Crippen LogP contribution in [-0.4, -0.2) is 83.7 Å². The maximum absolute atomic E-state index is 8.49. The first-order valence-corrected chi connectivity index (χ1v) is 5.90. The van der Waals surface area contributed by atoms with Crippen molar-refractivity contribution in [3.05, 3.63) is 0 Å². The minimum Gasteiger partial charge on any atom is -0.870 e. The topological polar surface area (TPSA) is 189 Å². The van der Waals surface area contributed by atoms with E-state index in [2.05, 4.69) is 0 Å². The van der Waals surface area contributed by atoms with Gasteiger partial charge in [-0.05, 0) is 0 Å². The average molecular weight is 326 g/mol. The van der Waals surface area contributed by atoms with Crippen LogP contribution in [0, 0.1) is 10.2 Å². The van der Waals surface area contributed by atoms with Crippen molar-refractivity contribution in [2.75, 3.05) is 53.9 Å². The molecule has 0 atom stereocenters. The Balaban J connectivity index is -0.0000000552. The fourth-order valence-electron chi connectivity index (χ4n) is 0.606. The Labute approximate surface area is 150 Å². The SMILES string of the molecule is COCCOCCOCCOC.[Li+].[Li].[O-][Cl+3]([O-])([O-])[O-].[OH-].[OH-]. The summed E-state index contributed by atoms with van der Waals surface area (Å²) in [6, 6.07) is 0. The van der Waals surface area contributed by atoms with Gasteiger partial charge >= 0.3 is 18.9 Å². The van der Waals surface area contributed by atoms with Crippen LogP contribution < -0.4 is 37.5 Å². The van der Waals surface area contributed by atoms with Gasteiger partial charge in [-0.1, -0.05) is 0 Å². The van der Waals surface area contributed by atoms with Gasteiger partial charge in [-0.3, -0.25) is 0 Å².